The second kappa shape index (κ2) is 8.89. The summed E-state index contributed by atoms with van der Waals surface area (Å²) in [5, 5.41) is 0. The molecule has 0 aliphatic heterocycles. The van der Waals surface area contributed by atoms with Crippen molar-refractivity contribution >= 4 is 31.2 Å². The fourth-order valence-electron chi connectivity index (χ4n) is 1.55. The molecular weight excluding hydrogens is 331 g/mol. The number of halogens is 1. The summed E-state index contributed by atoms with van der Waals surface area (Å²) in [6, 6.07) is 1.12. The van der Waals surface area contributed by atoms with Gasteiger partial charge in [-0.3, -0.25) is 0 Å². The van der Waals surface area contributed by atoms with Crippen molar-refractivity contribution in [3.8, 4) is 0 Å². The van der Waals surface area contributed by atoms with Gasteiger partial charge in [0, 0.05) is 12.2 Å². The van der Waals surface area contributed by atoms with Gasteiger partial charge in [-0.25, -0.2) is 0 Å². The van der Waals surface area contributed by atoms with E-state index in [4.69, 9.17) is 8.85 Å². The molecule has 0 bridgehead atoms. The summed E-state index contributed by atoms with van der Waals surface area (Å²) < 4.78 is 13.5. The predicted molar refractivity (Wildman–Crippen MR) is 81.6 cm³/mol. The first-order chi connectivity index (χ1) is 7.47. The van der Waals surface area contributed by atoms with E-state index in [0.29, 0.717) is 12.2 Å². The van der Waals surface area contributed by atoms with Crippen molar-refractivity contribution < 1.29 is 8.85 Å². The average molecular weight is 358 g/mol. The third-order valence-corrected chi connectivity index (χ3v) is 6.64. The fraction of sp³-hybridized carbons (Fsp3) is 1.00. The molecule has 0 N–H and O–H groups in total. The molecule has 0 radical (unpaired) electrons. The van der Waals surface area contributed by atoms with Crippen molar-refractivity contribution in [1.29, 1.82) is 0 Å². The molecule has 0 aliphatic carbocycles. The van der Waals surface area contributed by atoms with Gasteiger partial charge in [-0.2, -0.15) is 0 Å². The molecule has 0 aromatic rings. The minimum atomic E-state index is -1.94. The second-order valence-electron chi connectivity index (χ2n) is 4.60. The van der Waals surface area contributed by atoms with Gasteiger partial charge in [0.05, 0.1) is 0 Å². The van der Waals surface area contributed by atoms with E-state index in [9.17, 15) is 0 Å². The molecule has 0 saturated carbocycles. The zero-order valence-corrected chi connectivity index (χ0v) is 14.5. The van der Waals surface area contributed by atoms with E-state index in [1.54, 1.807) is 0 Å². The van der Waals surface area contributed by atoms with Crippen LogP contribution in [0.4, 0.5) is 0 Å². The minimum Gasteiger partial charge on any atom is -0.392 e. The highest BCUT2D eigenvalue weighted by molar-refractivity contribution is 14.1. The van der Waals surface area contributed by atoms with Crippen LogP contribution in [0.2, 0.25) is 12.6 Å². The maximum Gasteiger partial charge on any atom is 0.335 e. The second-order valence-corrected chi connectivity index (χ2v) is 8.92. The van der Waals surface area contributed by atoms with Gasteiger partial charge in [-0.1, -0.05) is 36.4 Å². The third kappa shape index (κ3) is 7.24. The number of hydrogen-bond acceptors (Lipinski definition) is 2. The van der Waals surface area contributed by atoms with Crippen LogP contribution in [0.3, 0.4) is 0 Å². The zero-order valence-electron chi connectivity index (χ0n) is 11.4. The van der Waals surface area contributed by atoms with Crippen molar-refractivity contribution in [2.24, 2.45) is 0 Å². The van der Waals surface area contributed by atoms with Crippen LogP contribution in [-0.4, -0.2) is 25.2 Å². The summed E-state index contributed by atoms with van der Waals surface area (Å²) in [6.07, 6.45) is 3.99. The van der Waals surface area contributed by atoms with Crippen LogP contribution < -0.4 is 0 Å². The summed E-state index contributed by atoms with van der Waals surface area (Å²) in [5.74, 6) is 0. The Hall–Kier alpha value is 0.867. The highest BCUT2D eigenvalue weighted by atomic mass is 127. The molecule has 0 aliphatic rings. The van der Waals surface area contributed by atoms with E-state index < -0.39 is 8.56 Å². The third-order valence-electron chi connectivity index (χ3n) is 2.82. The summed E-state index contributed by atoms with van der Waals surface area (Å²) >= 11 is 2.42. The van der Waals surface area contributed by atoms with Crippen molar-refractivity contribution in [2.45, 2.75) is 71.8 Å². The molecule has 0 fully saturated rings. The fourth-order valence-corrected chi connectivity index (χ4v) is 5.80. The van der Waals surface area contributed by atoms with Crippen molar-refractivity contribution in [1.82, 2.24) is 0 Å². The summed E-state index contributed by atoms with van der Waals surface area (Å²) in [4.78, 5) is 0. The Morgan fingerprint density at radius 3 is 1.81 bits per heavy atom. The van der Waals surface area contributed by atoms with E-state index >= 15 is 0 Å². The van der Waals surface area contributed by atoms with Crippen LogP contribution in [0.5, 0.6) is 0 Å². The lowest BCUT2D eigenvalue weighted by molar-refractivity contribution is 0.0912. The Labute approximate surface area is 116 Å². The molecule has 0 amide bonds. The molecule has 4 heteroatoms. The van der Waals surface area contributed by atoms with E-state index in [2.05, 4.69) is 56.8 Å². The number of hydrogen-bond donors (Lipinski definition) is 0. The maximum absolute atomic E-state index is 6.18. The van der Waals surface area contributed by atoms with Crippen LogP contribution in [0.15, 0.2) is 0 Å². The Bertz CT molecular complexity index is 166. The van der Waals surface area contributed by atoms with Crippen LogP contribution in [0, 0.1) is 0 Å². The van der Waals surface area contributed by atoms with Gasteiger partial charge in [-0.05, 0) is 50.1 Å². The molecule has 0 rings (SSSR count). The first kappa shape index (κ1) is 16.9. The number of alkyl halides is 1. The summed E-state index contributed by atoms with van der Waals surface area (Å²) in [7, 11) is -1.94. The normalized spacial score (nSPS) is 19.1. The molecular formula is C12H27IO2Si. The molecule has 2 nitrogen and oxygen atoms in total. The van der Waals surface area contributed by atoms with Crippen molar-refractivity contribution in [2.75, 3.05) is 4.43 Å². The van der Waals surface area contributed by atoms with E-state index in [1.807, 2.05) is 0 Å². The molecule has 0 aromatic carbocycles. The average Bonchev–Trinajstić information content (AvgIpc) is 2.25. The number of rotatable bonds is 9. The smallest absolute Gasteiger partial charge is 0.335 e. The lowest BCUT2D eigenvalue weighted by Crippen LogP contribution is -2.43. The van der Waals surface area contributed by atoms with Crippen LogP contribution in [0.1, 0.15) is 47.0 Å². The molecule has 2 atom stereocenters. The van der Waals surface area contributed by atoms with E-state index in [-0.39, 0.29) is 0 Å². The van der Waals surface area contributed by atoms with Crippen molar-refractivity contribution in [3.05, 3.63) is 0 Å². The molecule has 0 saturated heterocycles. The molecule has 98 valence electrons. The molecule has 0 spiro atoms. The van der Waals surface area contributed by atoms with Gasteiger partial charge in [0.2, 0.25) is 0 Å². The van der Waals surface area contributed by atoms with Crippen LogP contribution in [-0.2, 0) is 8.85 Å². The van der Waals surface area contributed by atoms with Gasteiger partial charge < -0.3 is 8.85 Å². The van der Waals surface area contributed by atoms with Gasteiger partial charge >= 0.3 is 8.56 Å². The molecule has 0 heterocycles. The Morgan fingerprint density at radius 1 is 1.06 bits per heavy atom. The molecule has 2 unspecified atom stereocenters. The van der Waals surface area contributed by atoms with Crippen molar-refractivity contribution in [3.63, 3.8) is 0 Å². The molecule has 0 aromatic heterocycles. The van der Waals surface area contributed by atoms with E-state index in [0.717, 1.165) is 18.9 Å². The standard InChI is InChI=1S/C12H27IO2Si/c1-6-11(3)14-16(5,10-8-9-13)15-12(4)7-2/h11-12H,6-10H2,1-5H3. The lowest BCUT2D eigenvalue weighted by atomic mass is 10.3. The van der Waals surface area contributed by atoms with Gasteiger partial charge in [-0.15, -0.1) is 0 Å². The highest BCUT2D eigenvalue weighted by Gasteiger charge is 2.34. The highest BCUT2D eigenvalue weighted by Crippen LogP contribution is 2.22. The SMILES string of the molecule is CCC(C)O[Si](C)(CCCI)OC(C)CC. The zero-order chi connectivity index (χ0) is 12.6. The van der Waals surface area contributed by atoms with Gasteiger partial charge in [0.1, 0.15) is 0 Å². The topological polar surface area (TPSA) is 18.5 Å². The molecule has 16 heavy (non-hydrogen) atoms. The summed E-state index contributed by atoms with van der Waals surface area (Å²) in [6.45, 7) is 10.9. The van der Waals surface area contributed by atoms with Crippen LogP contribution >= 0.6 is 22.6 Å². The first-order valence-corrected chi connectivity index (χ1v) is 10.4. The largest absolute Gasteiger partial charge is 0.392 e. The quantitative estimate of drug-likeness (QED) is 0.343. The monoisotopic (exact) mass is 358 g/mol. The maximum atomic E-state index is 6.18. The van der Waals surface area contributed by atoms with Gasteiger partial charge in [0.15, 0.2) is 0 Å². The summed E-state index contributed by atoms with van der Waals surface area (Å²) in [5.41, 5.74) is 0. The first-order valence-electron chi connectivity index (χ1n) is 6.39. The predicted octanol–water partition coefficient (Wildman–Crippen LogP) is 4.51. The lowest BCUT2D eigenvalue weighted by Gasteiger charge is -2.32. The Morgan fingerprint density at radius 2 is 1.50 bits per heavy atom. The van der Waals surface area contributed by atoms with E-state index in [1.165, 1.54) is 10.8 Å². The Kier molecular flexibility index (Phi) is 9.37. The minimum absolute atomic E-state index is 0.329. The van der Waals surface area contributed by atoms with Gasteiger partial charge in [0.25, 0.3) is 0 Å². The van der Waals surface area contributed by atoms with Crippen LogP contribution in [0.25, 0.3) is 0 Å². The Balaban J connectivity index is 4.34.